The number of carbonyl (C=O) groups is 1. The molecule has 1 unspecified atom stereocenters. The highest BCUT2D eigenvalue weighted by atomic mass is 35.5. The van der Waals surface area contributed by atoms with E-state index in [0.29, 0.717) is 33.7 Å². The van der Waals surface area contributed by atoms with E-state index in [1.807, 2.05) is 39.0 Å². The van der Waals surface area contributed by atoms with E-state index in [-0.39, 0.29) is 23.4 Å². The fourth-order valence-electron chi connectivity index (χ4n) is 5.87. The lowest BCUT2D eigenvalue weighted by Crippen LogP contribution is -2.39. The van der Waals surface area contributed by atoms with Gasteiger partial charge >= 0.3 is 0 Å². The molecule has 156 valence electrons. The van der Waals surface area contributed by atoms with Gasteiger partial charge in [-0.15, -0.1) is 0 Å². The summed E-state index contributed by atoms with van der Waals surface area (Å²) in [5, 5.41) is 11.6. The van der Waals surface area contributed by atoms with E-state index in [9.17, 15) is 14.3 Å². The summed E-state index contributed by atoms with van der Waals surface area (Å²) in [4.78, 5) is 13.6. The maximum atomic E-state index is 14.6. The normalized spacial score (nSPS) is 32.2. The van der Waals surface area contributed by atoms with Crippen molar-refractivity contribution in [2.75, 3.05) is 0 Å². The number of aryl methyl sites for hydroxylation is 1. The monoisotopic (exact) mass is 426 g/mol. The first-order chi connectivity index (χ1) is 14.2. The van der Waals surface area contributed by atoms with Crippen molar-refractivity contribution in [2.45, 2.75) is 51.2 Å². The largest absolute Gasteiger partial charge is 0.511 e. The van der Waals surface area contributed by atoms with Crippen LogP contribution in [0.3, 0.4) is 0 Å². The minimum absolute atomic E-state index is 0.0631. The Labute approximate surface area is 180 Å². The minimum Gasteiger partial charge on any atom is -0.511 e. The van der Waals surface area contributed by atoms with E-state index in [0.717, 1.165) is 18.4 Å². The number of Topliss-reactive ketones (excluding diaryl/α,β-unsaturated/α-hetero) is 1. The van der Waals surface area contributed by atoms with Gasteiger partial charge in [-0.1, -0.05) is 30.7 Å². The van der Waals surface area contributed by atoms with Crippen LogP contribution in [0.2, 0.25) is 5.02 Å². The first kappa shape index (κ1) is 19.8. The number of carbonyl (C=O) groups excluding carboxylic acids is 1. The van der Waals surface area contributed by atoms with Gasteiger partial charge in [-0.05, 0) is 74.1 Å². The van der Waals surface area contributed by atoms with Crippen molar-refractivity contribution in [3.8, 4) is 11.1 Å². The van der Waals surface area contributed by atoms with E-state index in [1.165, 1.54) is 6.07 Å². The smallest absolute Gasteiger partial charge is 0.173 e. The Hall–Kier alpha value is -2.17. The number of ether oxygens (including phenoxy) is 1. The summed E-state index contributed by atoms with van der Waals surface area (Å²) in [5.74, 6) is -1.05. The third-order valence-electron chi connectivity index (χ3n) is 7.32. The lowest BCUT2D eigenvalue weighted by Gasteiger charge is -2.30. The number of aliphatic hydroxyl groups excluding tert-OH is 1. The van der Waals surface area contributed by atoms with Gasteiger partial charge < -0.3 is 9.84 Å². The standard InChI is InChI=1S/C25H24ClFO3/c1-4-13-5-6-14(16-8-7-15(26)12-18(16)27)11-17(13)19-22(28)20-21(23(19)29)25(3)10-9-24(20,2)30-25/h5-8,11-12,20-21,28H,4,9-10H2,1-3H3/t20-,21?,24-,25+/m1/s1. The number of ketones is 1. The van der Waals surface area contributed by atoms with Crippen molar-refractivity contribution in [2.24, 2.45) is 11.8 Å². The van der Waals surface area contributed by atoms with Crippen LogP contribution >= 0.6 is 11.6 Å². The van der Waals surface area contributed by atoms with Crippen LogP contribution in [0.25, 0.3) is 16.7 Å². The van der Waals surface area contributed by atoms with Gasteiger partial charge in [0.2, 0.25) is 0 Å². The van der Waals surface area contributed by atoms with Gasteiger partial charge in [0.25, 0.3) is 0 Å². The summed E-state index contributed by atoms with van der Waals surface area (Å²) in [6.45, 7) is 5.99. The predicted molar refractivity (Wildman–Crippen MR) is 115 cm³/mol. The highest BCUT2D eigenvalue weighted by Crippen LogP contribution is 2.63. The summed E-state index contributed by atoms with van der Waals surface area (Å²) in [7, 11) is 0. The minimum atomic E-state index is -0.543. The van der Waals surface area contributed by atoms with Gasteiger partial charge in [0.1, 0.15) is 11.6 Å². The number of rotatable bonds is 3. The molecule has 1 aliphatic carbocycles. The zero-order valence-corrected chi connectivity index (χ0v) is 18.0. The van der Waals surface area contributed by atoms with Crippen LogP contribution < -0.4 is 0 Å². The van der Waals surface area contributed by atoms with Crippen LogP contribution in [-0.2, 0) is 16.0 Å². The van der Waals surface area contributed by atoms with Crippen molar-refractivity contribution >= 4 is 23.0 Å². The maximum Gasteiger partial charge on any atom is 0.173 e. The quantitative estimate of drug-likeness (QED) is 0.641. The van der Waals surface area contributed by atoms with Gasteiger partial charge in [-0.3, -0.25) is 4.79 Å². The molecule has 4 atom stereocenters. The summed E-state index contributed by atoms with van der Waals surface area (Å²) < 4.78 is 20.8. The highest BCUT2D eigenvalue weighted by molar-refractivity contribution is 6.30. The molecule has 3 aliphatic rings. The fraction of sp³-hybridized carbons (Fsp3) is 0.400. The molecule has 0 saturated carbocycles. The maximum absolute atomic E-state index is 14.6. The molecule has 0 amide bonds. The first-order valence-corrected chi connectivity index (χ1v) is 10.8. The molecule has 30 heavy (non-hydrogen) atoms. The van der Waals surface area contributed by atoms with Crippen molar-refractivity contribution < 1.29 is 19.0 Å². The Morgan fingerprint density at radius 3 is 2.43 bits per heavy atom. The second-order valence-electron chi connectivity index (χ2n) is 9.16. The van der Waals surface area contributed by atoms with Crippen molar-refractivity contribution in [1.82, 2.24) is 0 Å². The molecule has 0 aromatic heterocycles. The Kier molecular flexibility index (Phi) is 4.23. The molecule has 5 rings (SSSR count). The fourth-order valence-corrected chi connectivity index (χ4v) is 6.03. The van der Waals surface area contributed by atoms with Crippen LogP contribution in [0, 0.1) is 17.7 Å². The molecule has 2 aromatic carbocycles. The second-order valence-corrected chi connectivity index (χ2v) is 9.59. The number of hydrogen-bond acceptors (Lipinski definition) is 3. The summed E-state index contributed by atoms with van der Waals surface area (Å²) in [5.41, 5.74) is 2.01. The van der Waals surface area contributed by atoms with Crippen molar-refractivity contribution in [3.63, 3.8) is 0 Å². The first-order valence-electron chi connectivity index (χ1n) is 10.4. The van der Waals surface area contributed by atoms with Crippen molar-refractivity contribution in [1.29, 1.82) is 0 Å². The lowest BCUT2D eigenvalue weighted by atomic mass is 9.68. The van der Waals surface area contributed by atoms with Crippen LogP contribution in [0.5, 0.6) is 0 Å². The zero-order chi connectivity index (χ0) is 21.4. The molecule has 1 N–H and O–H groups in total. The molecule has 0 radical (unpaired) electrons. The van der Waals surface area contributed by atoms with E-state index in [2.05, 4.69) is 0 Å². The van der Waals surface area contributed by atoms with E-state index in [4.69, 9.17) is 16.3 Å². The SMILES string of the molecule is CCc1ccc(-c2ccc(Cl)cc2F)cc1C1=C(O)[C@H]2C(C1=O)[C@]1(C)CC[C@@]2(C)O1. The lowest BCUT2D eigenvalue weighted by molar-refractivity contribution is -0.121. The third kappa shape index (κ3) is 2.56. The van der Waals surface area contributed by atoms with Gasteiger partial charge in [0, 0.05) is 10.6 Å². The summed E-state index contributed by atoms with van der Waals surface area (Å²) >= 11 is 5.90. The molecule has 2 aromatic rings. The Morgan fingerprint density at radius 2 is 1.80 bits per heavy atom. The number of hydrogen-bond donors (Lipinski definition) is 1. The topological polar surface area (TPSA) is 46.5 Å². The highest BCUT2D eigenvalue weighted by Gasteiger charge is 2.69. The average molecular weight is 427 g/mol. The number of aliphatic hydroxyl groups is 1. The Morgan fingerprint density at radius 1 is 1.10 bits per heavy atom. The molecule has 2 aliphatic heterocycles. The molecule has 2 saturated heterocycles. The van der Waals surface area contributed by atoms with Crippen LogP contribution in [0.1, 0.15) is 44.7 Å². The van der Waals surface area contributed by atoms with E-state index >= 15 is 0 Å². The summed E-state index contributed by atoms with van der Waals surface area (Å²) in [6, 6.07) is 10.1. The van der Waals surface area contributed by atoms with Crippen molar-refractivity contribution in [3.05, 3.63) is 64.1 Å². The molecular formula is C25H24ClFO3. The van der Waals surface area contributed by atoms with E-state index in [1.54, 1.807) is 12.1 Å². The zero-order valence-electron chi connectivity index (χ0n) is 17.3. The molecule has 3 nitrogen and oxygen atoms in total. The van der Waals surface area contributed by atoms with Gasteiger partial charge in [0.15, 0.2) is 5.78 Å². The van der Waals surface area contributed by atoms with Crippen LogP contribution in [0.15, 0.2) is 42.2 Å². The van der Waals surface area contributed by atoms with E-state index < -0.39 is 17.0 Å². The van der Waals surface area contributed by atoms with Gasteiger partial charge in [-0.25, -0.2) is 4.39 Å². The van der Waals surface area contributed by atoms with Crippen LogP contribution in [-0.4, -0.2) is 22.1 Å². The second kappa shape index (κ2) is 6.41. The number of allylic oxidation sites excluding steroid dienone is 1. The van der Waals surface area contributed by atoms with Gasteiger partial charge in [0.05, 0.1) is 28.6 Å². The number of halogens is 2. The molecule has 5 heteroatoms. The predicted octanol–water partition coefficient (Wildman–Crippen LogP) is 6.13. The number of benzene rings is 2. The number of fused-ring (bicyclic) bond motifs is 5. The molecule has 2 heterocycles. The molecule has 0 spiro atoms. The summed E-state index contributed by atoms with van der Waals surface area (Å²) in [6.07, 6.45) is 2.34. The van der Waals surface area contributed by atoms with Gasteiger partial charge in [-0.2, -0.15) is 0 Å². The average Bonchev–Trinajstić information content (AvgIpc) is 3.25. The third-order valence-corrected chi connectivity index (χ3v) is 7.55. The molecule has 2 fully saturated rings. The van der Waals surface area contributed by atoms with Crippen LogP contribution in [0.4, 0.5) is 4.39 Å². The molecule has 2 bridgehead atoms. The molecular weight excluding hydrogens is 403 g/mol. The Bertz CT molecular complexity index is 1120. The Balaban J connectivity index is 1.67.